The summed E-state index contributed by atoms with van der Waals surface area (Å²) in [4.78, 5) is 43.8. The molecule has 1 saturated heterocycles. The maximum atomic E-state index is 14.3. The summed E-state index contributed by atoms with van der Waals surface area (Å²) < 4.78 is 88.1. The number of nitrogens with zero attached hydrogens (tertiary/aromatic N) is 3. The van der Waals surface area contributed by atoms with Crippen LogP contribution in [0, 0.1) is 17.6 Å². The van der Waals surface area contributed by atoms with Gasteiger partial charge in [0.1, 0.15) is 24.2 Å². The number of benzene rings is 2. The highest BCUT2D eigenvalue weighted by molar-refractivity contribution is 6.06. The molecule has 0 radical (unpaired) electrons. The second-order valence-electron chi connectivity index (χ2n) is 9.78. The highest BCUT2D eigenvalue weighted by Gasteiger charge is 2.58. The molecule has 0 unspecified atom stereocenters. The number of alkyl halides is 3. The van der Waals surface area contributed by atoms with Crippen LogP contribution in [0.25, 0.3) is 11.1 Å². The summed E-state index contributed by atoms with van der Waals surface area (Å²) in [7, 11) is 0. The van der Waals surface area contributed by atoms with Crippen LogP contribution in [0.3, 0.4) is 0 Å². The Morgan fingerprint density at radius 3 is 2.46 bits per heavy atom. The molecule has 0 saturated carbocycles. The molecular formula is C28H21F6N3O4. The smallest absolute Gasteiger partial charge is 0.418 e. The zero-order chi connectivity index (χ0) is 29.7. The predicted octanol–water partition coefficient (Wildman–Crippen LogP) is 5.27. The maximum Gasteiger partial charge on any atom is 0.418 e. The Bertz CT molecular complexity index is 1520. The molecule has 13 heteroatoms. The minimum atomic E-state index is -4.83. The van der Waals surface area contributed by atoms with Crippen LogP contribution in [0.5, 0.6) is 0 Å². The van der Waals surface area contributed by atoms with Gasteiger partial charge in [0.25, 0.3) is 5.91 Å². The summed E-state index contributed by atoms with van der Waals surface area (Å²) in [5.74, 6) is -4.63. The van der Waals surface area contributed by atoms with Gasteiger partial charge in [-0.25, -0.2) is 23.5 Å². The summed E-state index contributed by atoms with van der Waals surface area (Å²) in [6, 6.07) is 7.35. The van der Waals surface area contributed by atoms with E-state index >= 15 is 0 Å². The standard InChI is InChI=1S/C28H21F6N3O4/c1-15(28(32,33)34)36(13-16-2-5-19(29)6-3-16)22(38)14-37-25(39)27(41-26(37)40)10-8-17-12-18(4-7-20(17)27)23-21(30)9-11-35-24(23)31/h2-7,9,11-12,15H,8,10,13-14H2,1H3/t15-,27+/m0/s1. The average Bonchev–Trinajstić information content (AvgIpc) is 3.39. The second kappa shape index (κ2) is 10.2. The number of pyridine rings is 1. The zero-order valence-electron chi connectivity index (χ0n) is 21.3. The molecule has 0 N–H and O–H groups in total. The Hall–Kier alpha value is -4.42. The molecule has 3 aromatic rings. The first-order valence-corrected chi connectivity index (χ1v) is 12.4. The number of carbonyl (C=O) groups is 3. The largest absolute Gasteiger partial charge is 0.427 e. The molecule has 214 valence electrons. The normalized spacial score (nSPS) is 19.0. The highest BCUT2D eigenvalue weighted by Crippen LogP contribution is 2.46. The molecule has 2 aromatic carbocycles. The molecule has 5 rings (SSSR count). The Kier molecular flexibility index (Phi) is 7.00. The molecule has 1 aromatic heterocycles. The summed E-state index contributed by atoms with van der Waals surface area (Å²) in [5.41, 5.74) is -1.17. The lowest BCUT2D eigenvalue weighted by atomic mass is 9.93. The quantitative estimate of drug-likeness (QED) is 0.295. The molecule has 1 fully saturated rings. The van der Waals surface area contributed by atoms with Gasteiger partial charge in [0, 0.05) is 24.7 Å². The van der Waals surface area contributed by atoms with E-state index < -0.39 is 66.4 Å². The van der Waals surface area contributed by atoms with Crippen LogP contribution >= 0.6 is 0 Å². The minimum Gasteiger partial charge on any atom is -0.427 e. The fourth-order valence-corrected chi connectivity index (χ4v) is 5.11. The van der Waals surface area contributed by atoms with Crippen molar-refractivity contribution < 1.29 is 45.5 Å². The van der Waals surface area contributed by atoms with E-state index in [-0.39, 0.29) is 35.1 Å². The number of hydrogen-bond donors (Lipinski definition) is 0. The minimum absolute atomic E-state index is 0.0443. The van der Waals surface area contributed by atoms with Gasteiger partial charge in [0.2, 0.25) is 17.5 Å². The highest BCUT2D eigenvalue weighted by atomic mass is 19.4. The van der Waals surface area contributed by atoms with E-state index in [2.05, 4.69) is 4.98 Å². The molecule has 3 amide bonds. The monoisotopic (exact) mass is 577 g/mol. The fraction of sp³-hybridized carbons (Fsp3) is 0.286. The van der Waals surface area contributed by atoms with Crippen LogP contribution < -0.4 is 0 Å². The van der Waals surface area contributed by atoms with E-state index in [1.54, 1.807) is 0 Å². The number of halogens is 6. The number of amides is 3. The lowest BCUT2D eigenvalue weighted by molar-refractivity contribution is -0.187. The number of rotatable bonds is 6. The molecular weight excluding hydrogens is 556 g/mol. The van der Waals surface area contributed by atoms with Gasteiger partial charge in [-0.05, 0) is 48.2 Å². The Balaban J connectivity index is 1.40. The van der Waals surface area contributed by atoms with Gasteiger partial charge in [0.05, 0.1) is 5.56 Å². The van der Waals surface area contributed by atoms with Gasteiger partial charge in [-0.1, -0.05) is 30.3 Å². The Morgan fingerprint density at radius 2 is 1.80 bits per heavy atom. The van der Waals surface area contributed by atoms with Crippen LogP contribution in [-0.4, -0.2) is 51.5 Å². The van der Waals surface area contributed by atoms with Crippen molar-refractivity contribution in [1.29, 1.82) is 0 Å². The lowest BCUT2D eigenvalue weighted by Crippen LogP contribution is -2.51. The third-order valence-corrected chi connectivity index (χ3v) is 7.32. The number of aromatic nitrogens is 1. The summed E-state index contributed by atoms with van der Waals surface area (Å²) >= 11 is 0. The topological polar surface area (TPSA) is 79.8 Å². The van der Waals surface area contributed by atoms with Crippen molar-refractivity contribution in [3.05, 3.63) is 89.0 Å². The summed E-state index contributed by atoms with van der Waals surface area (Å²) in [6.07, 6.45) is -4.95. The van der Waals surface area contributed by atoms with Crippen molar-refractivity contribution in [2.75, 3.05) is 6.54 Å². The van der Waals surface area contributed by atoms with Gasteiger partial charge < -0.3 is 9.64 Å². The van der Waals surface area contributed by atoms with Crippen LogP contribution in [0.1, 0.15) is 30.0 Å². The van der Waals surface area contributed by atoms with Crippen molar-refractivity contribution >= 4 is 17.9 Å². The van der Waals surface area contributed by atoms with Crippen LogP contribution in [0.4, 0.5) is 31.1 Å². The van der Waals surface area contributed by atoms with Gasteiger partial charge in [-0.15, -0.1) is 0 Å². The molecule has 2 aliphatic rings. The van der Waals surface area contributed by atoms with Gasteiger partial charge in [-0.2, -0.15) is 17.6 Å². The lowest BCUT2D eigenvalue weighted by Gasteiger charge is -2.31. The van der Waals surface area contributed by atoms with E-state index in [0.717, 1.165) is 31.3 Å². The summed E-state index contributed by atoms with van der Waals surface area (Å²) in [6.45, 7) is -0.832. The molecule has 1 aliphatic heterocycles. The van der Waals surface area contributed by atoms with Crippen molar-refractivity contribution in [3.8, 4) is 11.1 Å². The SMILES string of the molecule is C[C@H](N(Cc1ccc(F)cc1)C(=O)CN1C(=O)O[C@@]2(CCc3cc(-c4c(F)ccnc4F)ccc32)C1=O)C(F)(F)F. The van der Waals surface area contributed by atoms with Crippen LogP contribution in [0.2, 0.25) is 0 Å². The van der Waals surface area contributed by atoms with Gasteiger partial charge in [0.15, 0.2) is 0 Å². The van der Waals surface area contributed by atoms with Crippen LogP contribution in [0.15, 0.2) is 54.7 Å². The average molecular weight is 577 g/mol. The van der Waals surface area contributed by atoms with Crippen molar-refractivity contribution in [1.82, 2.24) is 14.8 Å². The number of aryl methyl sites for hydroxylation is 1. The molecule has 1 aliphatic carbocycles. The molecule has 7 nitrogen and oxygen atoms in total. The van der Waals surface area contributed by atoms with E-state index in [1.807, 2.05) is 0 Å². The number of hydrogen-bond acceptors (Lipinski definition) is 5. The molecule has 41 heavy (non-hydrogen) atoms. The molecule has 1 spiro atoms. The van der Waals surface area contributed by atoms with Gasteiger partial charge in [-0.3, -0.25) is 9.59 Å². The predicted molar refractivity (Wildman–Crippen MR) is 130 cm³/mol. The van der Waals surface area contributed by atoms with E-state index in [9.17, 15) is 40.7 Å². The molecule has 2 heterocycles. The molecule has 2 atom stereocenters. The zero-order valence-corrected chi connectivity index (χ0v) is 21.3. The third-order valence-electron chi connectivity index (χ3n) is 7.32. The third kappa shape index (κ3) is 5.00. The van der Waals surface area contributed by atoms with E-state index in [1.165, 1.54) is 30.3 Å². The maximum absolute atomic E-state index is 14.3. The molecule has 0 bridgehead atoms. The first-order chi connectivity index (χ1) is 19.3. The second-order valence-corrected chi connectivity index (χ2v) is 9.78. The van der Waals surface area contributed by atoms with E-state index in [4.69, 9.17) is 4.74 Å². The first kappa shape index (κ1) is 28.1. The Labute approximate surface area is 229 Å². The fourth-order valence-electron chi connectivity index (χ4n) is 5.11. The van der Waals surface area contributed by atoms with Crippen molar-refractivity contribution in [2.24, 2.45) is 0 Å². The van der Waals surface area contributed by atoms with Crippen molar-refractivity contribution in [2.45, 2.75) is 44.1 Å². The van der Waals surface area contributed by atoms with Crippen molar-refractivity contribution in [3.63, 3.8) is 0 Å². The number of carbonyl (C=O) groups excluding carboxylic acids is 3. The van der Waals surface area contributed by atoms with E-state index in [0.29, 0.717) is 15.4 Å². The number of fused-ring (bicyclic) bond motifs is 2. The number of imide groups is 1. The number of ether oxygens (including phenoxy) is 1. The summed E-state index contributed by atoms with van der Waals surface area (Å²) in [5, 5.41) is 0. The van der Waals surface area contributed by atoms with Gasteiger partial charge >= 0.3 is 12.3 Å². The first-order valence-electron chi connectivity index (χ1n) is 12.4. The Morgan fingerprint density at radius 1 is 1.10 bits per heavy atom. The van der Waals surface area contributed by atoms with Crippen LogP contribution in [-0.2, 0) is 32.9 Å².